The van der Waals surface area contributed by atoms with E-state index in [4.69, 9.17) is 0 Å². The molecule has 0 aliphatic carbocycles. The van der Waals surface area contributed by atoms with E-state index < -0.39 is 11.4 Å². The number of hydrogen-bond acceptors (Lipinski definition) is 5. The summed E-state index contributed by atoms with van der Waals surface area (Å²) < 4.78 is 1.72. The largest absolute Gasteiger partial charge is 0.477 e. The third-order valence-electron chi connectivity index (χ3n) is 4.66. The maximum absolute atomic E-state index is 12.5. The number of aromatic carboxylic acids is 1. The Morgan fingerprint density at radius 2 is 1.88 bits per heavy atom. The van der Waals surface area contributed by atoms with Gasteiger partial charge in [-0.1, -0.05) is 6.07 Å². The van der Waals surface area contributed by atoms with Gasteiger partial charge in [0.25, 0.3) is 0 Å². The number of nitrogens with zero attached hydrogens (tertiary/aromatic N) is 4. The normalized spacial score (nSPS) is 18.3. The van der Waals surface area contributed by atoms with Gasteiger partial charge in [-0.25, -0.2) is 9.80 Å². The molecule has 1 fully saturated rings. The van der Waals surface area contributed by atoms with Gasteiger partial charge >= 0.3 is 5.97 Å². The Hall–Kier alpha value is -2.64. The summed E-state index contributed by atoms with van der Waals surface area (Å²) in [7, 11) is 2.10. The summed E-state index contributed by atoms with van der Waals surface area (Å²) in [6.45, 7) is 3.75. The first-order valence-corrected chi connectivity index (χ1v) is 7.88. The van der Waals surface area contributed by atoms with Crippen molar-refractivity contribution in [3.05, 3.63) is 46.4 Å². The van der Waals surface area contributed by atoms with Crippen LogP contribution in [0.5, 0.6) is 0 Å². The third kappa shape index (κ3) is 2.21. The number of benzene rings is 1. The van der Waals surface area contributed by atoms with E-state index in [9.17, 15) is 14.7 Å². The van der Waals surface area contributed by atoms with Crippen molar-refractivity contribution in [1.82, 2.24) is 14.5 Å². The molecule has 24 heavy (non-hydrogen) atoms. The molecule has 1 saturated heterocycles. The number of hydrazine groups is 1. The summed E-state index contributed by atoms with van der Waals surface area (Å²) >= 11 is 0. The molecule has 124 valence electrons. The van der Waals surface area contributed by atoms with E-state index in [2.05, 4.69) is 22.0 Å². The fourth-order valence-corrected chi connectivity index (χ4v) is 3.32. The van der Waals surface area contributed by atoms with Crippen LogP contribution in [0.25, 0.3) is 17.1 Å². The Morgan fingerprint density at radius 3 is 2.58 bits per heavy atom. The van der Waals surface area contributed by atoms with Crippen LogP contribution in [0.15, 0.2) is 35.4 Å². The number of likely N-dealkylation sites (N-methyl/N-ethyl adjacent to an activating group) is 1. The van der Waals surface area contributed by atoms with Gasteiger partial charge in [-0.15, -0.1) is 0 Å². The Bertz CT molecular complexity index is 910. The molecule has 0 bridgehead atoms. The highest BCUT2D eigenvalue weighted by Crippen LogP contribution is 2.31. The summed E-state index contributed by atoms with van der Waals surface area (Å²) in [6, 6.07) is 5.45. The van der Waals surface area contributed by atoms with Crippen molar-refractivity contribution < 1.29 is 9.90 Å². The topological polar surface area (TPSA) is 69.0 Å². The predicted octanol–water partition coefficient (Wildman–Crippen LogP) is 1.11. The van der Waals surface area contributed by atoms with Crippen molar-refractivity contribution in [2.24, 2.45) is 0 Å². The van der Waals surface area contributed by atoms with Crippen LogP contribution in [0, 0.1) is 0 Å². The van der Waals surface area contributed by atoms with Crippen LogP contribution >= 0.6 is 0 Å². The van der Waals surface area contributed by atoms with Gasteiger partial charge in [0, 0.05) is 50.2 Å². The lowest BCUT2D eigenvalue weighted by Crippen LogP contribution is -2.51. The fourth-order valence-electron chi connectivity index (χ4n) is 3.32. The van der Waals surface area contributed by atoms with Gasteiger partial charge in [-0.05, 0) is 19.2 Å². The molecular formula is C17H18N4O3. The molecule has 3 heterocycles. The zero-order chi connectivity index (χ0) is 16.8. The third-order valence-corrected chi connectivity index (χ3v) is 4.66. The van der Waals surface area contributed by atoms with Crippen LogP contribution in [-0.4, -0.2) is 58.8 Å². The van der Waals surface area contributed by atoms with E-state index in [-0.39, 0.29) is 5.56 Å². The van der Waals surface area contributed by atoms with Gasteiger partial charge in [0.2, 0.25) is 5.43 Å². The minimum Gasteiger partial charge on any atom is -0.477 e. The van der Waals surface area contributed by atoms with Crippen molar-refractivity contribution in [1.29, 1.82) is 0 Å². The second-order valence-corrected chi connectivity index (χ2v) is 6.16. The number of carboxylic acids is 1. The van der Waals surface area contributed by atoms with Crippen molar-refractivity contribution >= 4 is 28.8 Å². The standard InChI is InChI=1S/C17H18N4O3/c1-18-5-8-20(9-6-18)21-10-7-19-11-13(17(23)24)16(22)12-3-2-4-14(21)15(12)19/h2-4,7,10-11H,5-6,8-9H2,1H3,(H,23,24). The molecule has 7 heteroatoms. The smallest absolute Gasteiger partial charge is 0.341 e. The number of piperazine rings is 1. The molecule has 0 atom stereocenters. The first-order valence-electron chi connectivity index (χ1n) is 7.88. The Labute approximate surface area is 138 Å². The number of carboxylic acid groups (broad SMARTS) is 1. The quantitative estimate of drug-likeness (QED) is 0.892. The van der Waals surface area contributed by atoms with Crippen LogP contribution in [0.1, 0.15) is 10.4 Å². The van der Waals surface area contributed by atoms with Crippen LogP contribution in [-0.2, 0) is 0 Å². The predicted molar refractivity (Wildman–Crippen MR) is 92.0 cm³/mol. The Morgan fingerprint density at radius 1 is 1.12 bits per heavy atom. The van der Waals surface area contributed by atoms with Crippen LogP contribution in [0.3, 0.4) is 0 Å². The number of carbonyl (C=O) groups is 1. The summed E-state index contributed by atoms with van der Waals surface area (Å²) in [5, 5.41) is 14.0. The Kier molecular flexibility index (Phi) is 3.40. The molecular weight excluding hydrogens is 308 g/mol. The molecule has 0 saturated carbocycles. The zero-order valence-electron chi connectivity index (χ0n) is 13.3. The zero-order valence-corrected chi connectivity index (χ0v) is 13.3. The second kappa shape index (κ2) is 5.47. The van der Waals surface area contributed by atoms with Gasteiger partial charge in [-0.3, -0.25) is 9.80 Å². The number of hydrogen-bond donors (Lipinski definition) is 1. The molecule has 1 N–H and O–H groups in total. The highest BCUT2D eigenvalue weighted by molar-refractivity contribution is 5.99. The van der Waals surface area contributed by atoms with Crippen LogP contribution in [0.2, 0.25) is 0 Å². The molecule has 7 nitrogen and oxygen atoms in total. The maximum Gasteiger partial charge on any atom is 0.341 e. The van der Waals surface area contributed by atoms with E-state index in [0.717, 1.165) is 37.4 Å². The average Bonchev–Trinajstić information content (AvgIpc) is 2.58. The summed E-state index contributed by atoms with van der Waals surface area (Å²) in [5.74, 6) is -1.20. The molecule has 4 rings (SSSR count). The molecule has 0 unspecified atom stereocenters. The molecule has 2 aliphatic rings. The lowest BCUT2D eigenvalue weighted by molar-refractivity contribution is 0.0695. The summed E-state index contributed by atoms with van der Waals surface area (Å²) in [6.07, 6.45) is 5.12. The molecule has 2 aliphatic heterocycles. The van der Waals surface area contributed by atoms with E-state index in [0.29, 0.717) is 5.39 Å². The van der Waals surface area contributed by atoms with E-state index in [1.54, 1.807) is 22.9 Å². The number of rotatable bonds is 2. The molecule has 0 amide bonds. The number of pyridine rings is 1. The van der Waals surface area contributed by atoms with E-state index in [1.165, 1.54) is 6.20 Å². The first kappa shape index (κ1) is 14.9. The van der Waals surface area contributed by atoms with Crippen molar-refractivity contribution in [2.75, 3.05) is 38.2 Å². The molecule has 1 aromatic carbocycles. The van der Waals surface area contributed by atoms with Crippen molar-refractivity contribution in [2.45, 2.75) is 0 Å². The van der Waals surface area contributed by atoms with Crippen LogP contribution < -0.4 is 10.4 Å². The van der Waals surface area contributed by atoms with Gasteiger partial charge in [-0.2, -0.15) is 0 Å². The second-order valence-electron chi connectivity index (χ2n) is 6.16. The monoisotopic (exact) mass is 326 g/mol. The average molecular weight is 326 g/mol. The first-order chi connectivity index (χ1) is 11.6. The molecule has 0 spiro atoms. The highest BCUT2D eigenvalue weighted by Gasteiger charge is 2.25. The lowest BCUT2D eigenvalue weighted by atomic mass is 10.1. The molecule has 0 radical (unpaired) electrons. The van der Waals surface area contributed by atoms with Crippen LogP contribution in [0.4, 0.5) is 5.69 Å². The van der Waals surface area contributed by atoms with E-state index >= 15 is 0 Å². The SMILES string of the molecule is CN1CCN(N2C=Cn3cc(C(=O)O)c(=O)c4cccc2c43)CC1. The molecule has 1 aromatic heterocycles. The highest BCUT2D eigenvalue weighted by atomic mass is 16.4. The number of para-hydroxylation sites is 1. The Balaban J connectivity index is 1.87. The minimum atomic E-state index is -1.20. The van der Waals surface area contributed by atoms with Gasteiger partial charge in [0.15, 0.2) is 0 Å². The summed E-state index contributed by atoms with van der Waals surface area (Å²) in [4.78, 5) is 26.1. The number of anilines is 1. The van der Waals surface area contributed by atoms with Gasteiger partial charge in [0.05, 0.1) is 11.2 Å². The van der Waals surface area contributed by atoms with E-state index in [1.807, 2.05) is 12.3 Å². The number of aromatic nitrogens is 1. The fraction of sp³-hybridized carbons (Fsp3) is 0.294. The maximum atomic E-state index is 12.5. The minimum absolute atomic E-state index is 0.211. The lowest BCUT2D eigenvalue weighted by Gasteiger charge is -2.41. The van der Waals surface area contributed by atoms with Crippen molar-refractivity contribution in [3.63, 3.8) is 0 Å². The van der Waals surface area contributed by atoms with Gasteiger partial charge in [0.1, 0.15) is 5.56 Å². The van der Waals surface area contributed by atoms with Crippen molar-refractivity contribution in [3.8, 4) is 0 Å². The summed E-state index contributed by atoms with van der Waals surface area (Å²) in [5.41, 5.74) is 0.990. The molecule has 2 aromatic rings. The van der Waals surface area contributed by atoms with Gasteiger partial charge < -0.3 is 14.6 Å².